The van der Waals surface area contributed by atoms with Gasteiger partial charge in [-0.05, 0) is 37.6 Å². The fourth-order valence-corrected chi connectivity index (χ4v) is 1.93. The normalized spacial score (nSPS) is 14.2. The summed E-state index contributed by atoms with van der Waals surface area (Å²) in [6.45, 7) is 3.61. The van der Waals surface area contributed by atoms with Crippen molar-refractivity contribution in [3.63, 3.8) is 0 Å². The molecule has 1 N–H and O–H groups in total. The van der Waals surface area contributed by atoms with Gasteiger partial charge in [0.05, 0.1) is 5.60 Å². The molecule has 2 aromatic rings. The Hall–Kier alpha value is -1.74. The third-order valence-corrected chi connectivity index (χ3v) is 2.97. The van der Waals surface area contributed by atoms with Gasteiger partial charge in [-0.1, -0.05) is 18.2 Å². The molecule has 2 nitrogen and oxygen atoms in total. The number of benzene rings is 1. The molecule has 0 saturated carbocycles. The van der Waals surface area contributed by atoms with Crippen molar-refractivity contribution in [1.82, 2.24) is 4.98 Å². The van der Waals surface area contributed by atoms with E-state index in [9.17, 15) is 9.50 Å². The van der Waals surface area contributed by atoms with E-state index in [1.807, 2.05) is 19.1 Å². The highest BCUT2D eigenvalue weighted by Gasteiger charge is 2.23. The van der Waals surface area contributed by atoms with E-state index in [2.05, 4.69) is 4.98 Å². The van der Waals surface area contributed by atoms with Crippen molar-refractivity contribution in [3.8, 4) is 0 Å². The van der Waals surface area contributed by atoms with E-state index in [4.69, 9.17) is 0 Å². The zero-order chi connectivity index (χ0) is 13.2. The number of pyridine rings is 1. The van der Waals surface area contributed by atoms with E-state index >= 15 is 0 Å². The molecular formula is C15H16FNO. The molecule has 3 heteroatoms. The molecule has 0 aliphatic carbocycles. The Kier molecular flexibility index (Phi) is 3.43. The molecule has 0 spiro atoms. The molecule has 1 heterocycles. The second-order valence-electron chi connectivity index (χ2n) is 4.77. The monoisotopic (exact) mass is 245 g/mol. The number of aliphatic hydroxyl groups is 1. The molecule has 1 aromatic carbocycles. The van der Waals surface area contributed by atoms with Crippen LogP contribution in [0.4, 0.5) is 4.39 Å². The van der Waals surface area contributed by atoms with Crippen LogP contribution in [-0.4, -0.2) is 10.1 Å². The summed E-state index contributed by atoms with van der Waals surface area (Å²) in [5, 5.41) is 10.5. The van der Waals surface area contributed by atoms with Crippen LogP contribution in [0.25, 0.3) is 0 Å². The van der Waals surface area contributed by atoms with Crippen molar-refractivity contribution >= 4 is 0 Å². The first-order chi connectivity index (χ1) is 8.47. The molecule has 0 bridgehead atoms. The maximum atomic E-state index is 13.1. The second kappa shape index (κ2) is 4.86. The molecule has 94 valence electrons. The topological polar surface area (TPSA) is 33.1 Å². The SMILES string of the molecule is Cc1ccc(C(C)(O)Cc2cccc(F)c2)cn1. The molecule has 1 aromatic heterocycles. The first kappa shape index (κ1) is 12.7. The minimum absolute atomic E-state index is 0.287. The smallest absolute Gasteiger partial charge is 0.123 e. The van der Waals surface area contributed by atoms with Gasteiger partial charge in [0, 0.05) is 23.9 Å². The standard InChI is InChI=1S/C15H16FNO/c1-11-6-7-13(10-17-11)15(2,18)9-12-4-3-5-14(16)8-12/h3-8,10,18H,9H2,1-2H3. The molecule has 18 heavy (non-hydrogen) atoms. The summed E-state index contributed by atoms with van der Waals surface area (Å²) < 4.78 is 13.1. The molecule has 1 atom stereocenters. The van der Waals surface area contributed by atoms with Crippen LogP contribution in [-0.2, 0) is 12.0 Å². The van der Waals surface area contributed by atoms with Crippen molar-refractivity contribution < 1.29 is 9.50 Å². The lowest BCUT2D eigenvalue weighted by molar-refractivity contribution is 0.0572. The largest absolute Gasteiger partial charge is 0.385 e. The number of nitrogens with zero attached hydrogens (tertiary/aromatic N) is 1. The fraction of sp³-hybridized carbons (Fsp3) is 0.267. The Labute approximate surface area is 106 Å². The third kappa shape index (κ3) is 2.93. The van der Waals surface area contributed by atoms with Gasteiger partial charge >= 0.3 is 0 Å². The van der Waals surface area contributed by atoms with Crippen LogP contribution in [0.15, 0.2) is 42.6 Å². The molecular weight excluding hydrogens is 229 g/mol. The van der Waals surface area contributed by atoms with Crippen molar-refractivity contribution in [2.24, 2.45) is 0 Å². The van der Waals surface area contributed by atoms with Crippen LogP contribution in [0, 0.1) is 12.7 Å². The Balaban J connectivity index is 2.23. The lowest BCUT2D eigenvalue weighted by Gasteiger charge is -2.23. The van der Waals surface area contributed by atoms with E-state index < -0.39 is 5.60 Å². The molecule has 0 aliphatic rings. The number of hydrogen-bond acceptors (Lipinski definition) is 2. The number of halogens is 1. The predicted octanol–water partition coefficient (Wildman–Crippen LogP) is 2.98. The number of aromatic nitrogens is 1. The van der Waals surface area contributed by atoms with Crippen LogP contribution in [0.1, 0.15) is 23.7 Å². The summed E-state index contributed by atoms with van der Waals surface area (Å²) in [6, 6.07) is 9.99. The summed E-state index contributed by atoms with van der Waals surface area (Å²) >= 11 is 0. The van der Waals surface area contributed by atoms with Gasteiger partial charge in [-0.3, -0.25) is 4.98 Å². The van der Waals surface area contributed by atoms with Crippen molar-refractivity contribution in [2.75, 3.05) is 0 Å². The maximum absolute atomic E-state index is 13.1. The average Bonchev–Trinajstić information content (AvgIpc) is 2.29. The van der Waals surface area contributed by atoms with E-state index in [0.29, 0.717) is 6.42 Å². The molecule has 0 radical (unpaired) electrons. The minimum atomic E-state index is -1.05. The van der Waals surface area contributed by atoms with Gasteiger partial charge in [0.15, 0.2) is 0 Å². The highest BCUT2D eigenvalue weighted by Crippen LogP contribution is 2.25. The predicted molar refractivity (Wildman–Crippen MR) is 68.6 cm³/mol. The zero-order valence-corrected chi connectivity index (χ0v) is 10.5. The first-order valence-electron chi connectivity index (χ1n) is 5.87. The summed E-state index contributed by atoms with van der Waals surface area (Å²) in [5.74, 6) is -0.287. The van der Waals surface area contributed by atoms with Gasteiger partial charge in [0.25, 0.3) is 0 Å². The summed E-state index contributed by atoms with van der Waals surface area (Å²) in [7, 11) is 0. The van der Waals surface area contributed by atoms with Gasteiger partial charge in [-0.2, -0.15) is 0 Å². The Bertz CT molecular complexity index is 534. The van der Waals surface area contributed by atoms with E-state index in [1.54, 1.807) is 25.3 Å². The van der Waals surface area contributed by atoms with Gasteiger partial charge in [-0.25, -0.2) is 4.39 Å². The zero-order valence-electron chi connectivity index (χ0n) is 10.5. The fourth-order valence-electron chi connectivity index (χ4n) is 1.93. The summed E-state index contributed by atoms with van der Waals surface area (Å²) in [6.07, 6.45) is 2.02. The van der Waals surface area contributed by atoms with E-state index in [-0.39, 0.29) is 5.82 Å². The van der Waals surface area contributed by atoms with E-state index in [1.165, 1.54) is 12.1 Å². The first-order valence-corrected chi connectivity index (χ1v) is 5.87. The van der Waals surface area contributed by atoms with Gasteiger partial charge in [0.2, 0.25) is 0 Å². The molecule has 0 amide bonds. The number of rotatable bonds is 3. The highest BCUT2D eigenvalue weighted by molar-refractivity contribution is 5.25. The minimum Gasteiger partial charge on any atom is -0.385 e. The second-order valence-corrected chi connectivity index (χ2v) is 4.77. The van der Waals surface area contributed by atoms with Gasteiger partial charge in [-0.15, -0.1) is 0 Å². The molecule has 2 rings (SSSR count). The lowest BCUT2D eigenvalue weighted by Crippen LogP contribution is -2.24. The van der Waals surface area contributed by atoms with Crippen molar-refractivity contribution in [3.05, 3.63) is 65.2 Å². The average molecular weight is 245 g/mol. The molecule has 1 unspecified atom stereocenters. The van der Waals surface area contributed by atoms with E-state index in [0.717, 1.165) is 16.8 Å². The lowest BCUT2D eigenvalue weighted by atomic mass is 9.90. The summed E-state index contributed by atoms with van der Waals surface area (Å²) in [5.41, 5.74) is 1.35. The Morgan fingerprint density at radius 3 is 2.67 bits per heavy atom. The quantitative estimate of drug-likeness (QED) is 0.901. The molecule has 0 aliphatic heterocycles. The third-order valence-electron chi connectivity index (χ3n) is 2.97. The van der Waals surface area contributed by atoms with Gasteiger partial charge in [0.1, 0.15) is 5.82 Å². The highest BCUT2D eigenvalue weighted by atomic mass is 19.1. The van der Waals surface area contributed by atoms with Gasteiger partial charge < -0.3 is 5.11 Å². The number of aryl methyl sites for hydroxylation is 1. The van der Waals surface area contributed by atoms with Crippen molar-refractivity contribution in [1.29, 1.82) is 0 Å². The van der Waals surface area contributed by atoms with Crippen LogP contribution >= 0.6 is 0 Å². The van der Waals surface area contributed by atoms with Crippen molar-refractivity contribution in [2.45, 2.75) is 25.9 Å². The van der Waals surface area contributed by atoms with Crippen LogP contribution in [0.2, 0.25) is 0 Å². The Morgan fingerprint density at radius 1 is 1.28 bits per heavy atom. The van der Waals surface area contributed by atoms with Crippen LogP contribution < -0.4 is 0 Å². The van der Waals surface area contributed by atoms with Crippen LogP contribution in [0.3, 0.4) is 0 Å². The number of hydrogen-bond donors (Lipinski definition) is 1. The summed E-state index contributed by atoms with van der Waals surface area (Å²) in [4.78, 5) is 4.17. The molecule has 0 saturated heterocycles. The Morgan fingerprint density at radius 2 is 2.06 bits per heavy atom. The maximum Gasteiger partial charge on any atom is 0.123 e. The molecule has 0 fully saturated rings. The van der Waals surface area contributed by atoms with Crippen LogP contribution in [0.5, 0.6) is 0 Å².